The van der Waals surface area contributed by atoms with Gasteiger partial charge in [-0.05, 0) is 108 Å². The second kappa shape index (κ2) is 15.2. The van der Waals surface area contributed by atoms with Gasteiger partial charge in [-0.1, -0.05) is 49.5 Å². The number of aryl methyl sites for hydroxylation is 1. The summed E-state index contributed by atoms with van der Waals surface area (Å²) in [6.45, 7) is 1.60. The molecule has 10 nitrogen and oxygen atoms in total. The summed E-state index contributed by atoms with van der Waals surface area (Å²) in [5, 5.41) is 57.4. The lowest BCUT2D eigenvalue weighted by Gasteiger charge is -2.45. The second-order valence-electron chi connectivity index (χ2n) is 16.4. The number of carbonyl (C=O) groups is 3. The normalized spacial score (nSPS) is 30.0. The number of hydrogen-bond acceptors (Lipinski definition) is 10. The van der Waals surface area contributed by atoms with E-state index in [9.17, 15) is 35.1 Å². The molecule has 5 N–H and O–H groups in total. The summed E-state index contributed by atoms with van der Waals surface area (Å²) >= 11 is 0. The Morgan fingerprint density at radius 3 is 2.48 bits per heavy atom. The Labute approximate surface area is 326 Å². The first-order valence-electron chi connectivity index (χ1n) is 19.9. The van der Waals surface area contributed by atoms with Gasteiger partial charge in [0.1, 0.15) is 34.7 Å². The van der Waals surface area contributed by atoms with Crippen molar-refractivity contribution in [1.82, 2.24) is 0 Å². The molecule has 3 aliphatic heterocycles. The van der Waals surface area contributed by atoms with Gasteiger partial charge in [0.05, 0.1) is 25.0 Å². The number of hydrogen-bond donors (Lipinski definition) is 5. The minimum absolute atomic E-state index is 0.0417. The number of phenolic OH excluding ortho intramolecular Hbond substituents is 2. The summed E-state index contributed by atoms with van der Waals surface area (Å²) in [5.41, 5.74) is 3.97. The van der Waals surface area contributed by atoms with E-state index >= 15 is 4.79 Å². The molecule has 1 saturated carbocycles. The zero-order valence-corrected chi connectivity index (χ0v) is 31.6. The van der Waals surface area contributed by atoms with Crippen LogP contribution in [0.15, 0.2) is 59.7 Å². The van der Waals surface area contributed by atoms with Crippen molar-refractivity contribution in [3.8, 4) is 29.1 Å². The largest absolute Gasteiger partial charge is 0.508 e. The Bertz CT molecular complexity index is 2190. The van der Waals surface area contributed by atoms with E-state index in [4.69, 9.17) is 9.47 Å². The van der Waals surface area contributed by atoms with Crippen LogP contribution in [-0.4, -0.2) is 61.1 Å². The first kappa shape index (κ1) is 37.9. The molecule has 1 fully saturated rings. The third-order valence-electron chi connectivity index (χ3n) is 12.8. The standard InChI is InChI=1S/C46H48O10/c1-2-11-46(54)34-8-10-39(49)32(16-34)13-25-3-4-27-7-9-36(41(51)20-31(27)12-25)38-18-28(30-14-26(24-47)15-35(48)17-30)5-6-29-22-44(52)55-42-23-40(50)33(19-37(29)42)21-43(46)56-45(38)53/h3-4,12,14-15,17,19,23,28-29,32,34,41,43,47-48,50-51,54H,2,7-11,13,16,18,20-22,24H2,1H3/b38-36+/t28-,29-,32-,34-,41-,43+,46-/m0/s1. The van der Waals surface area contributed by atoms with Gasteiger partial charge in [0.25, 0.3) is 0 Å². The molecule has 7 atom stereocenters. The van der Waals surface area contributed by atoms with E-state index in [1.54, 1.807) is 12.1 Å². The van der Waals surface area contributed by atoms with Crippen LogP contribution in [0.5, 0.6) is 17.2 Å². The van der Waals surface area contributed by atoms with Crippen LogP contribution in [0.25, 0.3) is 0 Å². The van der Waals surface area contributed by atoms with Gasteiger partial charge in [-0.2, -0.15) is 0 Å². The fourth-order valence-corrected chi connectivity index (χ4v) is 9.88. The molecule has 0 saturated heterocycles. The Morgan fingerprint density at radius 2 is 1.68 bits per heavy atom. The number of rotatable bonds is 4. The summed E-state index contributed by atoms with van der Waals surface area (Å²) in [6, 6.07) is 13.9. The number of fused-ring (bicyclic) bond motifs is 9. The fraction of sp³-hybridized carbons (Fsp3) is 0.457. The summed E-state index contributed by atoms with van der Waals surface area (Å²) in [6.07, 6.45) is 1.06. The van der Waals surface area contributed by atoms with Gasteiger partial charge in [0.2, 0.25) is 0 Å². The highest BCUT2D eigenvalue weighted by atomic mass is 16.6. The summed E-state index contributed by atoms with van der Waals surface area (Å²) < 4.78 is 12.2. The van der Waals surface area contributed by atoms with Crippen LogP contribution in [0.4, 0.5) is 0 Å². The molecule has 3 aromatic carbocycles. The van der Waals surface area contributed by atoms with Crippen molar-refractivity contribution in [3.05, 3.63) is 98.6 Å². The zero-order valence-electron chi connectivity index (χ0n) is 31.6. The molecule has 3 heterocycles. The number of phenols is 2. The van der Waals surface area contributed by atoms with Gasteiger partial charge in [0, 0.05) is 48.3 Å². The molecule has 0 unspecified atom stereocenters. The Hall–Kier alpha value is -4.95. The van der Waals surface area contributed by atoms with Crippen LogP contribution < -0.4 is 4.74 Å². The maximum atomic E-state index is 15.1. The summed E-state index contributed by atoms with van der Waals surface area (Å²) in [7, 11) is 0. The smallest absolute Gasteiger partial charge is 0.334 e. The van der Waals surface area contributed by atoms with Crippen molar-refractivity contribution >= 4 is 17.7 Å². The maximum Gasteiger partial charge on any atom is 0.334 e. The monoisotopic (exact) mass is 760 g/mol. The Balaban J connectivity index is 1.38. The number of ketones is 1. The summed E-state index contributed by atoms with van der Waals surface area (Å²) in [5.74, 6) is 3.14. The van der Waals surface area contributed by atoms with E-state index in [2.05, 4.69) is 24.0 Å². The average Bonchev–Trinajstić information content (AvgIpc) is 3.31. The van der Waals surface area contributed by atoms with Crippen LogP contribution in [0.1, 0.15) is 109 Å². The number of aliphatic hydroxyl groups is 3. The Kier molecular flexibility index (Phi) is 10.3. The van der Waals surface area contributed by atoms with Crippen LogP contribution in [0.2, 0.25) is 0 Å². The minimum atomic E-state index is -1.61. The van der Waals surface area contributed by atoms with E-state index in [1.807, 2.05) is 13.0 Å². The molecular weight excluding hydrogens is 712 g/mol. The van der Waals surface area contributed by atoms with Gasteiger partial charge >= 0.3 is 11.9 Å². The van der Waals surface area contributed by atoms with Crippen molar-refractivity contribution in [2.75, 3.05) is 0 Å². The van der Waals surface area contributed by atoms with Crippen molar-refractivity contribution in [2.45, 2.75) is 120 Å². The van der Waals surface area contributed by atoms with E-state index in [1.165, 1.54) is 18.2 Å². The van der Waals surface area contributed by atoms with Crippen LogP contribution >= 0.6 is 0 Å². The molecule has 10 heteroatoms. The summed E-state index contributed by atoms with van der Waals surface area (Å²) in [4.78, 5) is 41.5. The van der Waals surface area contributed by atoms with E-state index in [-0.39, 0.29) is 79.7 Å². The van der Waals surface area contributed by atoms with E-state index in [0.717, 1.165) is 16.7 Å². The first-order chi connectivity index (χ1) is 26.9. The number of Topliss-reactive ketones (excluding diaryl/α,β-unsaturated/α-hetero) is 1. The molecule has 292 valence electrons. The molecule has 2 aliphatic carbocycles. The number of aromatic hydroxyl groups is 2. The van der Waals surface area contributed by atoms with Gasteiger partial charge in [-0.25, -0.2) is 4.79 Å². The third kappa shape index (κ3) is 7.24. The number of ether oxygens (including phenoxy) is 2. The van der Waals surface area contributed by atoms with Crippen molar-refractivity contribution in [3.63, 3.8) is 0 Å². The zero-order chi connectivity index (χ0) is 39.3. The number of benzene rings is 3. The number of aliphatic hydroxyl groups excluding tert-OH is 2. The topological polar surface area (TPSA) is 171 Å². The van der Waals surface area contributed by atoms with Gasteiger partial charge < -0.3 is 35.0 Å². The molecule has 56 heavy (non-hydrogen) atoms. The number of carbonyl (C=O) groups excluding carboxylic acids is 3. The molecule has 8 rings (SSSR count). The maximum absolute atomic E-state index is 15.1. The van der Waals surface area contributed by atoms with Crippen molar-refractivity contribution < 1.29 is 49.4 Å². The Morgan fingerprint density at radius 1 is 0.857 bits per heavy atom. The second-order valence-corrected chi connectivity index (χ2v) is 16.4. The van der Waals surface area contributed by atoms with E-state index < -0.39 is 47.5 Å². The van der Waals surface area contributed by atoms with Crippen LogP contribution in [0, 0.1) is 23.7 Å². The molecular formula is C46H48O10. The molecule has 0 aromatic heterocycles. The van der Waals surface area contributed by atoms with Crippen LogP contribution in [0.3, 0.4) is 0 Å². The van der Waals surface area contributed by atoms with Crippen molar-refractivity contribution in [1.29, 1.82) is 0 Å². The lowest BCUT2D eigenvalue weighted by Crippen LogP contribution is -2.54. The fourth-order valence-electron chi connectivity index (χ4n) is 9.88. The first-order valence-corrected chi connectivity index (χ1v) is 19.9. The van der Waals surface area contributed by atoms with Gasteiger partial charge in [-0.3, -0.25) is 9.59 Å². The molecule has 9 bridgehead atoms. The highest BCUT2D eigenvalue weighted by Gasteiger charge is 2.49. The highest BCUT2D eigenvalue weighted by molar-refractivity contribution is 5.90. The predicted molar refractivity (Wildman–Crippen MR) is 205 cm³/mol. The van der Waals surface area contributed by atoms with Gasteiger partial charge in [0.15, 0.2) is 0 Å². The van der Waals surface area contributed by atoms with Crippen LogP contribution in [-0.2, 0) is 51.4 Å². The molecule has 0 spiro atoms. The predicted octanol–water partition coefficient (Wildman–Crippen LogP) is 5.55. The molecule has 0 amide bonds. The molecule has 3 aromatic rings. The SMILES string of the molecule is CCC[C@]1(O)[C@H]2CCC(=O)[C@@H](Cc3ccc4c(c3)C[C@H](O)/C(=C3\C[C@@H](c5cc(O)cc(CO)c5)C#C[C@H]5CC(=O)Oc6cc(O)c(cc65)C[C@H]1OC3=O)CC4)C2. The highest BCUT2D eigenvalue weighted by Crippen LogP contribution is 2.46. The lowest BCUT2D eigenvalue weighted by atomic mass is 9.66. The molecule has 5 aliphatic rings. The van der Waals surface area contributed by atoms with Crippen molar-refractivity contribution in [2.24, 2.45) is 11.8 Å². The quantitative estimate of drug-likeness (QED) is 0.129. The average molecular weight is 761 g/mol. The van der Waals surface area contributed by atoms with E-state index in [0.29, 0.717) is 66.4 Å². The minimum Gasteiger partial charge on any atom is -0.508 e. The third-order valence-corrected chi connectivity index (χ3v) is 12.8. The molecule has 0 radical (unpaired) electrons. The lowest BCUT2D eigenvalue weighted by molar-refractivity contribution is -0.176. The number of esters is 2. The van der Waals surface area contributed by atoms with Gasteiger partial charge in [-0.15, -0.1) is 0 Å².